The van der Waals surface area contributed by atoms with Crippen LogP contribution < -0.4 is 5.32 Å². The van der Waals surface area contributed by atoms with Crippen LogP contribution in [0.1, 0.15) is 15.9 Å². The van der Waals surface area contributed by atoms with Gasteiger partial charge in [-0.1, -0.05) is 6.07 Å². The van der Waals surface area contributed by atoms with Gasteiger partial charge in [-0.25, -0.2) is 4.98 Å². The van der Waals surface area contributed by atoms with Crippen molar-refractivity contribution in [3.63, 3.8) is 0 Å². The van der Waals surface area contributed by atoms with Crippen molar-refractivity contribution in [3.8, 4) is 0 Å². The van der Waals surface area contributed by atoms with Crippen LogP contribution in [0.2, 0.25) is 0 Å². The third-order valence-electron chi connectivity index (χ3n) is 2.59. The van der Waals surface area contributed by atoms with Crippen LogP contribution in [0, 0.1) is 17.0 Å². The highest BCUT2D eigenvalue weighted by molar-refractivity contribution is 9.10. The van der Waals surface area contributed by atoms with E-state index in [4.69, 9.17) is 0 Å². The Labute approximate surface area is 123 Å². The molecule has 0 unspecified atom stereocenters. The predicted octanol–water partition coefficient (Wildman–Crippen LogP) is 3.31. The Morgan fingerprint density at radius 1 is 1.40 bits per heavy atom. The molecule has 1 N–H and O–H groups in total. The molecule has 0 aliphatic carbocycles. The van der Waals surface area contributed by atoms with E-state index in [1.165, 1.54) is 30.5 Å². The topological polar surface area (TPSA) is 85.1 Å². The first-order valence-corrected chi connectivity index (χ1v) is 6.44. The molecule has 6 nitrogen and oxygen atoms in total. The Morgan fingerprint density at radius 2 is 2.15 bits per heavy atom. The molecular weight excluding hydrogens is 326 g/mol. The Balaban J connectivity index is 2.21. The number of non-ortho nitro benzene ring substituents is 1. The largest absolute Gasteiger partial charge is 0.321 e. The molecule has 102 valence electrons. The third-order valence-corrected chi connectivity index (χ3v) is 3.42. The molecule has 0 aliphatic rings. The van der Waals surface area contributed by atoms with Crippen molar-refractivity contribution in [1.29, 1.82) is 0 Å². The number of nitro benzene ring substituents is 1. The fraction of sp³-hybridized carbons (Fsp3) is 0.0769. The zero-order valence-electron chi connectivity index (χ0n) is 10.5. The van der Waals surface area contributed by atoms with Gasteiger partial charge < -0.3 is 5.32 Å². The number of amides is 1. The van der Waals surface area contributed by atoms with Crippen molar-refractivity contribution < 1.29 is 9.72 Å². The molecule has 0 saturated heterocycles. The summed E-state index contributed by atoms with van der Waals surface area (Å²) in [5, 5.41) is 13.3. The van der Waals surface area contributed by atoms with E-state index in [2.05, 4.69) is 26.2 Å². The molecule has 7 heteroatoms. The molecule has 1 heterocycles. The zero-order chi connectivity index (χ0) is 14.7. The van der Waals surface area contributed by atoms with Gasteiger partial charge in [0.2, 0.25) is 0 Å². The van der Waals surface area contributed by atoms with Gasteiger partial charge in [-0.2, -0.15) is 0 Å². The first kappa shape index (κ1) is 14.1. The fourth-order valence-corrected chi connectivity index (χ4v) is 1.81. The summed E-state index contributed by atoms with van der Waals surface area (Å²) < 4.78 is 0.700. The number of benzene rings is 1. The lowest BCUT2D eigenvalue weighted by Crippen LogP contribution is -2.12. The van der Waals surface area contributed by atoms with Gasteiger partial charge in [0.15, 0.2) is 0 Å². The summed E-state index contributed by atoms with van der Waals surface area (Å²) in [5.41, 5.74) is 1.51. The maximum Gasteiger partial charge on any atom is 0.270 e. The maximum atomic E-state index is 12.0. The molecule has 0 fully saturated rings. The van der Waals surface area contributed by atoms with Crippen LogP contribution >= 0.6 is 15.9 Å². The van der Waals surface area contributed by atoms with Gasteiger partial charge in [0.25, 0.3) is 11.6 Å². The summed E-state index contributed by atoms with van der Waals surface area (Å²) in [7, 11) is 0. The lowest BCUT2D eigenvalue weighted by Gasteiger charge is -2.06. The van der Waals surface area contributed by atoms with E-state index >= 15 is 0 Å². The maximum absolute atomic E-state index is 12.0. The molecule has 0 saturated carbocycles. The summed E-state index contributed by atoms with van der Waals surface area (Å²) >= 11 is 3.27. The number of rotatable bonds is 3. The van der Waals surface area contributed by atoms with Crippen LogP contribution in [0.15, 0.2) is 41.1 Å². The molecule has 20 heavy (non-hydrogen) atoms. The molecule has 1 aromatic heterocycles. The zero-order valence-corrected chi connectivity index (χ0v) is 12.0. The number of hydrogen-bond acceptors (Lipinski definition) is 4. The summed E-state index contributed by atoms with van der Waals surface area (Å²) in [4.78, 5) is 26.2. The minimum atomic E-state index is -0.540. The highest BCUT2D eigenvalue weighted by atomic mass is 79.9. The number of carbonyl (C=O) groups is 1. The quantitative estimate of drug-likeness (QED) is 0.529. The van der Waals surface area contributed by atoms with Crippen LogP contribution in [0.25, 0.3) is 0 Å². The monoisotopic (exact) mass is 335 g/mol. The van der Waals surface area contributed by atoms with Crippen LogP contribution in [0.3, 0.4) is 0 Å². The number of carbonyl (C=O) groups excluding carboxylic acids is 1. The number of aromatic nitrogens is 1. The first-order valence-electron chi connectivity index (χ1n) is 5.65. The molecular formula is C13H10BrN3O3. The Morgan fingerprint density at radius 3 is 2.80 bits per heavy atom. The average Bonchev–Trinajstić information content (AvgIpc) is 2.43. The highest BCUT2D eigenvalue weighted by Crippen LogP contribution is 2.18. The van der Waals surface area contributed by atoms with E-state index in [-0.39, 0.29) is 11.3 Å². The summed E-state index contributed by atoms with van der Waals surface area (Å²) in [6.45, 7) is 1.85. The smallest absolute Gasteiger partial charge is 0.270 e. The predicted molar refractivity (Wildman–Crippen MR) is 77.7 cm³/mol. The second-order valence-corrected chi connectivity index (χ2v) is 4.84. The number of nitrogens with one attached hydrogen (secondary N) is 1. The molecule has 0 bridgehead atoms. The van der Waals surface area contributed by atoms with Crippen molar-refractivity contribution in [2.45, 2.75) is 6.92 Å². The Bertz CT molecular complexity index is 688. The first-order chi connectivity index (χ1) is 9.47. The second-order valence-electron chi connectivity index (χ2n) is 4.09. The Kier molecular flexibility index (Phi) is 4.09. The number of halogens is 1. The van der Waals surface area contributed by atoms with Crippen LogP contribution in [0.5, 0.6) is 0 Å². The number of anilines is 1. The van der Waals surface area contributed by atoms with E-state index in [9.17, 15) is 14.9 Å². The molecule has 0 atom stereocenters. The number of aryl methyl sites for hydroxylation is 1. The second kappa shape index (κ2) is 5.79. The minimum Gasteiger partial charge on any atom is -0.321 e. The van der Waals surface area contributed by atoms with Crippen LogP contribution in [0.4, 0.5) is 11.4 Å². The highest BCUT2D eigenvalue weighted by Gasteiger charge is 2.12. The number of nitro groups is 1. The molecule has 0 aliphatic heterocycles. The molecule has 0 radical (unpaired) electrons. The number of hydrogen-bond donors (Lipinski definition) is 1. The summed E-state index contributed by atoms with van der Waals surface area (Å²) in [5.74, 6) is -0.419. The summed E-state index contributed by atoms with van der Waals surface area (Å²) in [6.07, 6.45) is 1.51. The molecule has 0 spiro atoms. The van der Waals surface area contributed by atoms with E-state index < -0.39 is 10.8 Å². The standard InChI is InChI=1S/C13H10BrN3O3/c1-8-5-10(7-15-12(8)14)16-13(18)9-3-2-4-11(6-9)17(19)20/h2-7H,1H3,(H,16,18). The molecule has 2 rings (SSSR count). The molecule has 1 amide bonds. The van der Waals surface area contributed by atoms with Crippen LogP contribution in [-0.4, -0.2) is 15.8 Å². The van der Waals surface area contributed by atoms with Gasteiger partial charge in [0.1, 0.15) is 4.60 Å². The average molecular weight is 336 g/mol. The van der Waals surface area contributed by atoms with Crippen LogP contribution in [-0.2, 0) is 0 Å². The lowest BCUT2D eigenvalue weighted by atomic mass is 10.2. The minimum absolute atomic E-state index is 0.122. The van der Waals surface area contributed by atoms with E-state index in [0.29, 0.717) is 10.3 Å². The van der Waals surface area contributed by atoms with Gasteiger partial charge in [0.05, 0.1) is 16.8 Å². The summed E-state index contributed by atoms with van der Waals surface area (Å²) in [6, 6.07) is 7.31. The van der Waals surface area contributed by atoms with Gasteiger partial charge in [-0.3, -0.25) is 14.9 Å². The van der Waals surface area contributed by atoms with Gasteiger partial charge >= 0.3 is 0 Å². The van der Waals surface area contributed by atoms with E-state index in [0.717, 1.165) is 5.56 Å². The van der Waals surface area contributed by atoms with E-state index in [1.54, 1.807) is 6.07 Å². The van der Waals surface area contributed by atoms with Crippen molar-refractivity contribution in [3.05, 3.63) is 62.4 Å². The normalized spacial score (nSPS) is 10.1. The van der Waals surface area contributed by atoms with Crippen molar-refractivity contribution in [2.24, 2.45) is 0 Å². The van der Waals surface area contributed by atoms with Crippen molar-refractivity contribution in [2.75, 3.05) is 5.32 Å². The van der Waals surface area contributed by atoms with Crippen molar-refractivity contribution >= 4 is 33.2 Å². The number of pyridine rings is 1. The van der Waals surface area contributed by atoms with Crippen molar-refractivity contribution in [1.82, 2.24) is 4.98 Å². The van der Waals surface area contributed by atoms with Gasteiger partial charge in [-0.15, -0.1) is 0 Å². The lowest BCUT2D eigenvalue weighted by molar-refractivity contribution is -0.384. The molecule has 2 aromatic rings. The molecule has 1 aromatic carbocycles. The van der Waals surface area contributed by atoms with Gasteiger partial charge in [0, 0.05) is 17.7 Å². The van der Waals surface area contributed by atoms with Gasteiger partial charge in [-0.05, 0) is 40.5 Å². The SMILES string of the molecule is Cc1cc(NC(=O)c2cccc([N+](=O)[O-])c2)cnc1Br. The third kappa shape index (κ3) is 3.18. The fourth-order valence-electron chi connectivity index (χ4n) is 1.59. The van der Waals surface area contributed by atoms with E-state index in [1.807, 2.05) is 6.92 Å². The Hall–Kier alpha value is -2.28. The number of nitrogens with zero attached hydrogens (tertiary/aromatic N) is 2.